The lowest BCUT2D eigenvalue weighted by atomic mass is 10.2. The molecule has 1 saturated carbocycles. The Morgan fingerprint density at radius 3 is 2.75 bits per heavy atom. The molecule has 20 heavy (non-hydrogen) atoms. The van der Waals surface area contributed by atoms with Gasteiger partial charge in [0.1, 0.15) is 17.5 Å². The number of aromatic nitrogens is 2. The molecule has 0 saturated heterocycles. The van der Waals surface area contributed by atoms with Gasteiger partial charge >= 0.3 is 0 Å². The molecule has 1 aromatic rings. The number of amides is 1. The summed E-state index contributed by atoms with van der Waals surface area (Å²) >= 11 is 0. The van der Waals surface area contributed by atoms with Crippen LogP contribution in [0.3, 0.4) is 0 Å². The largest absolute Gasteiger partial charge is 0.370 e. The summed E-state index contributed by atoms with van der Waals surface area (Å²) < 4.78 is 0. The van der Waals surface area contributed by atoms with Crippen LogP contribution < -0.4 is 16.0 Å². The van der Waals surface area contributed by atoms with Crippen molar-refractivity contribution < 1.29 is 4.79 Å². The second-order valence-corrected chi connectivity index (χ2v) is 5.22. The van der Waals surface area contributed by atoms with Crippen molar-refractivity contribution in [3.05, 3.63) is 11.9 Å². The van der Waals surface area contributed by atoms with Gasteiger partial charge in [0.15, 0.2) is 0 Å². The summed E-state index contributed by atoms with van der Waals surface area (Å²) in [6.45, 7) is 4.90. The summed E-state index contributed by atoms with van der Waals surface area (Å²) in [5, 5.41) is 3.19. The number of anilines is 2. The average Bonchev–Trinajstić information content (AvgIpc) is 2.89. The summed E-state index contributed by atoms with van der Waals surface area (Å²) in [7, 11) is 0. The van der Waals surface area contributed by atoms with Crippen LogP contribution in [0.25, 0.3) is 0 Å². The maximum Gasteiger partial charge on any atom is 0.237 e. The van der Waals surface area contributed by atoms with E-state index in [4.69, 9.17) is 5.73 Å². The summed E-state index contributed by atoms with van der Waals surface area (Å²) in [4.78, 5) is 22.2. The molecule has 1 fully saturated rings. The normalized spacial score (nSPS) is 15.3. The highest BCUT2D eigenvalue weighted by atomic mass is 16.1. The lowest BCUT2D eigenvalue weighted by Gasteiger charge is -2.29. The second-order valence-electron chi connectivity index (χ2n) is 5.22. The van der Waals surface area contributed by atoms with Crippen LogP contribution in [-0.2, 0) is 4.79 Å². The van der Waals surface area contributed by atoms with Crippen molar-refractivity contribution in [2.45, 2.75) is 45.6 Å². The van der Waals surface area contributed by atoms with Gasteiger partial charge in [-0.1, -0.05) is 12.8 Å². The molecule has 0 atom stereocenters. The zero-order chi connectivity index (χ0) is 14.5. The molecule has 1 aliphatic rings. The van der Waals surface area contributed by atoms with E-state index >= 15 is 0 Å². The van der Waals surface area contributed by atoms with E-state index in [-0.39, 0.29) is 12.5 Å². The van der Waals surface area contributed by atoms with Gasteiger partial charge in [-0.3, -0.25) is 4.79 Å². The van der Waals surface area contributed by atoms with Gasteiger partial charge in [0.05, 0.1) is 6.54 Å². The van der Waals surface area contributed by atoms with Gasteiger partial charge in [0.25, 0.3) is 0 Å². The molecule has 0 unspecified atom stereocenters. The fourth-order valence-electron chi connectivity index (χ4n) is 2.75. The van der Waals surface area contributed by atoms with Crippen molar-refractivity contribution >= 4 is 17.5 Å². The maximum atomic E-state index is 11.4. The molecule has 3 N–H and O–H groups in total. The zero-order valence-electron chi connectivity index (χ0n) is 12.2. The number of nitrogens with zero attached hydrogens (tertiary/aromatic N) is 3. The van der Waals surface area contributed by atoms with Gasteiger partial charge in [0.2, 0.25) is 5.91 Å². The van der Waals surface area contributed by atoms with E-state index < -0.39 is 0 Å². The molecule has 1 aliphatic carbocycles. The van der Waals surface area contributed by atoms with Crippen LogP contribution in [-0.4, -0.2) is 35.0 Å². The number of rotatable bonds is 6. The molecular formula is C14H23N5O. The van der Waals surface area contributed by atoms with E-state index in [0.717, 1.165) is 31.0 Å². The van der Waals surface area contributed by atoms with Gasteiger partial charge in [0, 0.05) is 18.7 Å². The number of nitrogens with two attached hydrogens (primary N) is 1. The molecule has 0 aliphatic heterocycles. The number of carbonyl (C=O) groups excluding carboxylic acids is 1. The fraction of sp³-hybridized carbons (Fsp3) is 0.643. The quantitative estimate of drug-likeness (QED) is 0.822. The summed E-state index contributed by atoms with van der Waals surface area (Å²) in [5.41, 5.74) is 5.39. The van der Waals surface area contributed by atoms with Crippen molar-refractivity contribution in [3.8, 4) is 0 Å². The first-order valence-electron chi connectivity index (χ1n) is 7.24. The molecular weight excluding hydrogens is 254 g/mol. The lowest BCUT2D eigenvalue weighted by Crippen LogP contribution is -2.40. The smallest absolute Gasteiger partial charge is 0.237 e. The monoisotopic (exact) mass is 277 g/mol. The SMILES string of the molecule is CCNc1cc(N(CC(N)=O)C2CCCC2)nc(C)n1. The van der Waals surface area contributed by atoms with Crippen molar-refractivity contribution in [2.24, 2.45) is 5.73 Å². The Labute approximate surface area is 119 Å². The Bertz CT molecular complexity index is 471. The van der Waals surface area contributed by atoms with Crippen LogP contribution in [0.4, 0.5) is 11.6 Å². The zero-order valence-corrected chi connectivity index (χ0v) is 12.2. The number of hydrogen-bond donors (Lipinski definition) is 2. The number of carbonyl (C=O) groups is 1. The molecule has 6 nitrogen and oxygen atoms in total. The van der Waals surface area contributed by atoms with Crippen molar-refractivity contribution in [1.29, 1.82) is 0 Å². The first-order valence-corrected chi connectivity index (χ1v) is 7.24. The second kappa shape index (κ2) is 6.54. The predicted octanol–water partition coefficient (Wildman–Crippen LogP) is 1.45. The van der Waals surface area contributed by atoms with E-state index in [0.29, 0.717) is 11.9 Å². The van der Waals surface area contributed by atoms with Gasteiger partial charge in [-0.15, -0.1) is 0 Å². The molecule has 0 spiro atoms. The van der Waals surface area contributed by atoms with E-state index in [1.165, 1.54) is 12.8 Å². The van der Waals surface area contributed by atoms with Crippen LogP contribution in [0.5, 0.6) is 0 Å². The highest BCUT2D eigenvalue weighted by molar-refractivity contribution is 5.79. The molecule has 2 rings (SSSR count). The van der Waals surface area contributed by atoms with E-state index in [1.807, 2.05) is 24.8 Å². The Balaban J connectivity index is 2.28. The Morgan fingerprint density at radius 2 is 2.15 bits per heavy atom. The summed E-state index contributed by atoms with van der Waals surface area (Å²) in [5.74, 6) is 1.96. The first kappa shape index (κ1) is 14.6. The van der Waals surface area contributed by atoms with Crippen molar-refractivity contribution in [2.75, 3.05) is 23.3 Å². The topological polar surface area (TPSA) is 84.1 Å². The standard InChI is InChI=1S/C14H23N5O/c1-3-16-13-8-14(18-10(2)17-13)19(9-12(15)20)11-6-4-5-7-11/h8,11H,3-7,9H2,1-2H3,(H2,15,20)(H,16,17,18). The maximum absolute atomic E-state index is 11.4. The number of nitrogens with one attached hydrogen (secondary N) is 1. The summed E-state index contributed by atoms with van der Waals surface area (Å²) in [6, 6.07) is 2.25. The van der Waals surface area contributed by atoms with Crippen LogP contribution >= 0.6 is 0 Å². The molecule has 6 heteroatoms. The molecule has 0 radical (unpaired) electrons. The number of aryl methyl sites for hydroxylation is 1. The minimum atomic E-state index is -0.321. The Kier molecular flexibility index (Phi) is 4.76. The Morgan fingerprint density at radius 1 is 1.45 bits per heavy atom. The number of hydrogen-bond acceptors (Lipinski definition) is 5. The van der Waals surface area contributed by atoms with E-state index in [2.05, 4.69) is 15.3 Å². The molecule has 1 amide bonds. The average molecular weight is 277 g/mol. The van der Waals surface area contributed by atoms with Crippen LogP contribution in [0.15, 0.2) is 6.07 Å². The molecule has 110 valence electrons. The minimum Gasteiger partial charge on any atom is -0.370 e. The molecule has 0 bridgehead atoms. The third kappa shape index (κ3) is 3.59. The van der Waals surface area contributed by atoms with Gasteiger partial charge in [-0.25, -0.2) is 9.97 Å². The Hall–Kier alpha value is -1.85. The van der Waals surface area contributed by atoms with Gasteiger partial charge in [-0.05, 0) is 26.7 Å². The van der Waals surface area contributed by atoms with Gasteiger partial charge < -0.3 is 16.0 Å². The molecule has 1 heterocycles. The van der Waals surface area contributed by atoms with Crippen molar-refractivity contribution in [3.63, 3.8) is 0 Å². The first-order chi connectivity index (χ1) is 9.60. The van der Waals surface area contributed by atoms with Gasteiger partial charge in [-0.2, -0.15) is 0 Å². The molecule has 0 aromatic carbocycles. The third-order valence-electron chi connectivity index (χ3n) is 3.57. The van der Waals surface area contributed by atoms with Crippen LogP contribution in [0.1, 0.15) is 38.4 Å². The van der Waals surface area contributed by atoms with Crippen LogP contribution in [0.2, 0.25) is 0 Å². The highest BCUT2D eigenvalue weighted by Crippen LogP contribution is 2.28. The minimum absolute atomic E-state index is 0.215. The lowest BCUT2D eigenvalue weighted by molar-refractivity contribution is -0.116. The summed E-state index contributed by atoms with van der Waals surface area (Å²) in [6.07, 6.45) is 4.58. The fourth-order valence-corrected chi connectivity index (χ4v) is 2.75. The van der Waals surface area contributed by atoms with E-state index in [9.17, 15) is 4.79 Å². The van der Waals surface area contributed by atoms with E-state index in [1.54, 1.807) is 0 Å². The molecule has 1 aromatic heterocycles. The van der Waals surface area contributed by atoms with Crippen molar-refractivity contribution in [1.82, 2.24) is 9.97 Å². The third-order valence-corrected chi connectivity index (χ3v) is 3.57. The predicted molar refractivity (Wildman–Crippen MR) is 79.7 cm³/mol. The number of primary amides is 1. The highest BCUT2D eigenvalue weighted by Gasteiger charge is 2.25. The van der Waals surface area contributed by atoms with Crippen LogP contribution in [0, 0.1) is 6.92 Å².